The minimum Gasteiger partial charge on any atom is -0.421 e. The number of aliphatic hydroxyl groups is 2. The average Bonchev–Trinajstić information content (AvgIpc) is 2.62. The van der Waals surface area contributed by atoms with Crippen LogP contribution in [0.4, 0.5) is 26.3 Å². The molecule has 0 amide bonds. The van der Waals surface area contributed by atoms with Crippen molar-refractivity contribution in [3.8, 4) is 0 Å². The smallest absolute Gasteiger partial charge is 0.421 e. The molecule has 0 aromatic rings. The first-order valence-electron chi connectivity index (χ1n) is 10.3. The summed E-state index contributed by atoms with van der Waals surface area (Å²) in [7, 11) is -11.3. The summed E-state index contributed by atoms with van der Waals surface area (Å²) in [5, 5.41) is 18.1. The molecule has 0 aliphatic rings. The van der Waals surface area contributed by atoms with Crippen LogP contribution in [0.1, 0.15) is 58.3 Å². The van der Waals surface area contributed by atoms with Crippen LogP contribution < -0.4 is 0 Å². The highest BCUT2D eigenvalue weighted by Gasteiger charge is 2.46. The summed E-state index contributed by atoms with van der Waals surface area (Å²) < 4.78 is 110. The van der Waals surface area contributed by atoms with Crippen LogP contribution in [0.2, 0.25) is 0 Å². The Morgan fingerprint density at radius 1 is 0.667 bits per heavy atom. The second-order valence-corrected chi connectivity index (χ2v) is 11.1. The maximum atomic E-state index is 11.4. The number of quaternary nitrogens is 1. The van der Waals surface area contributed by atoms with Crippen LogP contribution in [0.15, 0.2) is 0 Å². The second kappa shape index (κ2) is 15.3. The van der Waals surface area contributed by atoms with Gasteiger partial charge in [-0.15, -0.1) is 0 Å². The zero-order chi connectivity index (χ0) is 26.4. The maximum absolute atomic E-state index is 11.4. The van der Waals surface area contributed by atoms with Crippen molar-refractivity contribution in [1.82, 2.24) is 0 Å². The molecule has 0 radical (unpaired) electrons. The molecule has 0 rings (SSSR count). The van der Waals surface area contributed by atoms with Gasteiger partial charge in [-0.05, 0) is 12.8 Å². The summed E-state index contributed by atoms with van der Waals surface area (Å²) in [6.45, 7) is 5.28. The van der Waals surface area contributed by atoms with E-state index in [-0.39, 0.29) is 13.2 Å². The van der Waals surface area contributed by atoms with Crippen molar-refractivity contribution in [2.45, 2.75) is 69.3 Å². The minimum absolute atomic E-state index is 0.216. The fraction of sp³-hybridized carbons (Fsp3) is 1.00. The van der Waals surface area contributed by atoms with Gasteiger partial charge in [-0.1, -0.05) is 45.4 Å². The van der Waals surface area contributed by atoms with E-state index >= 15 is 0 Å². The van der Waals surface area contributed by atoms with Crippen LogP contribution in [-0.4, -0.2) is 82.4 Å². The molecule has 0 spiro atoms. The molecule has 0 atom stereocenters. The zero-order valence-corrected chi connectivity index (χ0v) is 20.3. The molecule has 0 heterocycles. The fourth-order valence-corrected chi connectivity index (χ4v) is 4.37. The van der Waals surface area contributed by atoms with Crippen molar-refractivity contribution in [3.05, 3.63) is 4.13 Å². The number of aliphatic hydroxyl groups excluding tert-OH is 2. The van der Waals surface area contributed by atoms with Gasteiger partial charge in [0.2, 0.25) is 0 Å². The van der Waals surface area contributed by atoms with E-state index in [2.05, 4.69) is 14.0 Å². The molecule has 0 aliphatic carbocycles. The first-order chi connectivity index (χ1) is 14.9. The Balaban J connectivity index is 0. The maximum Gasteiger partial charge on any atom is 0.480 e. The van der Waals surface area contributed by atoms with Gasteiger partial charge in [-0.25, -0.2) is 16.8 Å². The summed E-state index contributed by atoms with van der Waals surface area (Å²) in [5.74, 6) is 0. The lowest BCUT2D eigenvalue weighted by molar-refractivity contribution is -0.910. The van der Waals surface area contributed by atoms with Gasteiger partial charge in [0.05, 0.1) is 26.8 Å². The lowest BCUT2D eigenvalue weighted by Gasteiger charge is -2.33. The standard InChI is InChI=1S/C15H34NO2.C2F6NO4S2/c1-3-4-5-6-7-8-9-10-11-16(2,12-14-17)13-15-18;3-1(4,5)14(10,11)9-15(12,13)2(6,7)8/h17-18H,3-15H2,1-2H3;/q+1;-1. The van der Waals surface area contributed by atoms with Crippen molar-refractivity contribution in [3.63, 3.8) is 0 Å². The van der Waals surface area contributed by atoms with E-state index in [0.717, 1.165) is 28.2 Å². The van der Waals surface area contributed by atoms with E-state index in [1.807, 2.05) is 0 Å². The number of nitrogens with zero attached hydrogens (tertiary/aromatic N) is 2. The molecule has 8 nitrogen and oxygen atoms in total. The molecule has 0 bridgehead atoms. The van der Waals surface area contributed by atoms with Crippen molar-refractivity contribution >= 4 is 20.0 Å². The molecule has 0 saturated carbocycles. The SMILES string of the molecule is CCCCCCCCCC[N+](C)(CCO)CCO.O=S(=O)([N-]S(=O)(=O)C(F)(F)F)C(F)(F)F. The molecule has 2 N–H and O–H groups in total. The highest BCUT2D eigenvalue weighted by molar-refractivity contribution is 8.13. The van der Waals surface area contributed by atoms with Gasteiger partial charge in [0.25, 0.3) is 0 Å². The highest BCUT2D eigenvalue weighted by Crippen LogP contribution is 2.36. The Morgan fingerprint density at radius 2 is 1.00 bits per heavy atom. The van der Waals surface area contributed by atoms with E-state index in [4.69, 9.17) is 10.2 Å². The van der Waals surface area contributed by atoms with Crippen molar-refractivity contribution in [2.75, 3.05) is 39.9 Å². The highest BCUT2D eigenvalue weighted by atomic mass is 32.3. The number of hydrogen-bond acceptors (Lipinski definition) is 6. The molecule has 16 heteroatoms. The lowest BCUT2D eigenvalue weighted by atomic mass is 10.1. The van der Waals surface area contributed by atoms with Crippen LogP contribution in [-0.2, 0) is 20.0 Å². The third-order valence-electron chi connectivity index (χ3n) is 4.61. The quantitative estimate of drug-likeness (QED) is 0.186. The van der Waals surface area contributed by atoms with Crippen LogP contribution in [0.3, 0.4) is 0 Å². The first-order valence-corrected chi connectivity index (χ1v) is 13.2. The molecule has 0 unspecified atom stereocenters. The normalized spacial score (nSPS) is 13.5. The second-order valence-electron chi connectivity index (χ2n) is 7.63. The van der Waals surface area contributed by atoms with E-state index in [0.29, 0.717) is 0 Å². The number of unbranched alkanes of at least 4 members (excludes halogenated alkanes) is 7. The molecule has 0 aliphatic heterocycles. The molecule has 202 valence electrons. The Kier molecular flexibility index (Phi) is 16.0. The molecular formula is C17H34F6N2O6S2. The minimum atomic E-state index is -6.72. The molecule has 33 heavy (non-hydrogen) atoms. The molecular weight excluding hydrogens is 506 g/mol. The number of halogens is 6. The number of likely N-dealkylation sites (N-methyl/N-ethyl adjacent to an activating group) is 1. The Bertz CT molecular complexity index is 679. The number of sulfonamides is 2. The Hall–Kier alpha value is -0.680. The molecule has 0 aromatic heterocycles. The first kappa shape index (κ1) is 34.5. The zero-order valence-electron chi connectivity index (χ0n) is 18.7. The van der Waals surface area contributed by atoms with Gasteiger partial charge in [-0.2, -0.15) is 26.3 Å². The van der Waals surface area contributed by atoms with Gasteiger partial charge in [-0.3, -0.25) is 0 Å². The summed E-state index contributed by atoms with van der Waals surface area (Å²) >= 11 is 0. The summed E-state index contributed by atoms with van der Waals surface area (Å²) in [4.78, 5) is 0. The fourth-order valence-electron chi connectivity index (χ4n) is 2.66. The Morgan fingerprint density at radius 3 is 1.30 bits per heavy atom. The van der Waals surface area contributed by atoms with Crippen LogP contribution in [0.5, 0.6) is 0 Å². The number of rotatable bonds is 15. The summed E-state index contributed by atoms with van der Waals surface area (Å²) in [6.07, 6.45) is 10.7. The van der Waals surface area contributed by atoms with Crippen molar-refractivity contribution in [2.24, 2.45) is 0 Å². The van der Waals surface area contributed by atoms with Crippen molar-refractivity contribution in [1.29, 1.82) is 0 Å². The largest absolute Gasteiger partial charge is 0.480 e. The van der Waals surface area contributed by atoms with E-state index < -0.39 is 31.1 Å². The summed E-state index contributed by atoms with van der Waals surface area (Å²) in [5.41, 5.74) is -12.4. The van der Waals surface area contributed by atoms with E-state index in [1.165, 1.54) is 51.4 Å². The van der Waals surface area contributed by atoms with Gasteiger partial charge >= 0.3 is 11.0 Å². The molecule has 0 aromatic carbocycles. The third kappa shape index (κ3) is 15.0. The van der Waals surface area contributed by atoms with E-state index in [9.17, 15) is 43.2 Å². The predicted molar refractivity (Wildman–Crippen MR) is 111 cm³/mol. The Labute approximate surface area is 191 Å². The molecule has 0 saturated heterocycles. The van der Waals surface area contributed by atoms with Crippen LogP contribution in [0, 0.1) is 0 Å². The number of alkyl halides is 6. The van der Waals surface area contributed by atoms with Gasteiger partial charge in [0.15, 0.2) is 20.0 Å². The third-order valence-corrected chi connectivity index (χ3v) is 7.35. The van der Waals surface area contributed by atoms with Crippen LogP contribution >= 0.6 is 0 Å². The van der Waals surface area contributed by atoms with Gasteiger partial charge in [0, 0.05) is 0 Å². The monoisotopic (exact) mass is 540 g/mol. The molecule has 0 fully saturated rings. The lowest BCUT2D eigenvalue weighted by Crippen LogP contribution is -2.48. The van der Waals surface area contributed by atoms with Crippen molar-refractivity contribution < 1.29 is 57.9 Å². The van der Waals surface area contributed by atoms with E-state index in [1.54, 1.807) is 0 Å². The van der Waals surface area contributed by atoms with Crippen LogP contribution in [0.25, 0.3) is 4.13 Å². The number of hydrogen-bond donors (Lipinski definition) is 2. The predicted octanol–water partition coefficient (Wildman–Crippen LogP) is 3.62. The van der Waals surface area contributed by atoms with Gasteiger partial charge in [0.1, 0.15) is 13.1 Å². The average molecular weight is 541 g/mol. The summed E-state index contributed by atoms with van der Waals surface area (Å²) in [6, 6.07) is 0. The topological polar surface area (TPSA) is 123 Å². The van der Waals surface area contributed by atoms with Gasteiger partial charge < -0.3 is 18.8 Å².